The molecule has 0 amide bonds. The fraction of sp³-hybridized carbons (Fsp3) is 0.500. The molecule has 33 heavy (non-hydrogen) atoms. The molecule has 0 aromatic heterocycles. The Balaban J connectivity index is 0.00000306. The lowest BCUT2D eigenvalue weighted by atomic mass is 9.94. The molecule has 4 rings (SSSR count). The van der Waals surface area contributed by atoms with Gasteiger partial charge in [0.05, 0.1) is 26.2 Å². The van der Waals surface area contributed by atoms with Crippen molar-refractivity contribution < 1.29 is 22.6 Å². The zero-order valence-electron chi connectivity index (χ0n) is 19.5. The minimum Gasteiger partial charge on any atom is -0.497 e. The SMILES string of the molecule is COc1ccc(S(=O)(=O)N2CCC(CN3CCc4cc(OC)c(OC)cc4C3)CC2)cc1.Cl. The van der Waals surface area contributed by atoms with Crippen molar-refractivity contribution >= 4 is 22.4 Å². The van der Waals surface area contributed by atoms with E-state index in [1.54, 1.807) is 49.9 Å². The molecule has 2 aliphatic rings. The van der Waals surface area contributed by atoms with Crippen molar-refractivity contribution in [3.63, 3.8) is 0 Å². The lowest BCUT2D eigenvalue weighted by Crippen LogP contribution is -2.42. The van der Waals surface area contributed by atoms with Crippen LogP contribution in [0.25, 0.3) is 0 Å². The Morgan fingerprint density at radius 1 is 0.879 bits per heavy atom. The highest BCUT2D eigenvalue weighted by Gasteiger charge is 2.31. The third kappa shape index (κ3) is 5.57. The number of methoxy groups -OCH3 is 3. The van der Waals surface area contributed by atoms with Gasteiger partial charge in [-0.2, -0.15) is 4.31 Å². The summed E-state index contributed by atoms with van der Waals surface area (Å²) in [4.78, 5) is 2.81. The Labute approximate surface area is 203 Å². The van der Waals surface area contributed by atoms with Crippen LogP contribution in [-0.4, -0.2) is 65.1 Å². The summed E-state index contributed by atoms with van der Waals surface area (Å²) < 4.78 is 43.6. The molecular formula is C24H33ClN2O5S. The van der Waals surface area contributed by atoms with Gasteiger partial charge in [-0.15, -0.1) is 12.4 Å². The maximum absolute atomic E-state index is 13.0. The van der Waals surface area contributed by atoms with Gasteiger partial charge in [0.1, 0.15) is 5.75 Å². The van der Waals surface area contributed by atoms with E-state index < -0.39 is 10.0 Å². The monoisotopic (exact) mass is 496 g/mol. The quantitative estimate of drug-likeness (QED) is 0.583. The topological polar surface area (TPSA) is 68.3 Å². The number of benzene rings is 2. The van der Waals surface area contributed by atoms with E-state index in [4.69, 9.17) is 14.2 Å². The Morgan fingerprint density at radius 2 is 1.48 bits per heavy atom. The summed E-state index contributed by atoms with van der Waals surface area (Å²) in [7, 11) is 1.45. The fourth-order valence-electron chi connectivity index (χ4n) is 4.69. The van der Waals surface area contributed by atoms with Gasteiger partial charge in [0.2, 0.25) is 10.0 Å². The molecule has 182 valence electrons. The maximum Gasteiger partial charge on any atom is 0.243 e. The largest absolute Gasteiger partial charge is 0.497 e. The molecule has 1 saturated heterocycles. The third-order valence-electron chi connectivity index (χ3n) is 6.58. The molecule has 1 fully saturated rings. The van der Waals surface area contributed by atoms with Gasteiger partial charge in [-0.05, 0) is 72.7 Å². The second-order valence-corrected chi connectivity index (χ2v) is 10.4. The van der Waals surface area contributed by atoms with Gasteiger partial charge in [0.25, 0.3) is 0 Å². The number of hydrogen-bond donors (Lipinski definition) is 0. The van der Waals surface area contributed by atoms with E-state index in [0.717, 1.165) is 50.4 Å². The molecule has 2 aliphatic heterocycles. The average Bonchev–Trinajstić information content (AvgIpc) is 2.83. The van der Waals surface area contributed by atoms with Crippen LogP contribution in [0.3, 0.4) is 0 Å². The average molecular weight is 497 g/mol. The highest BCUT2D eigenvalue weighted by molar-refractivity contribution is 7.89. The number of hydrogen-bond acceptors (Lipinski definition) is 6. The summed E-state index contributed by atoms with van der Waals surface area (Å²) in [6.07, 6.45) is 2.75. The number of ether oxygens (including phenoxy) is 3. The fourth-order valence-corrected chi connectivity index (χ4v) is 6.16. The first-order valence-electron chi connectivity index (χ1n) is 11.0. The zero-order chi connectivity index (χ0) is 22.7. The third-order valence-corrected chi connectivity index (χ3v) is 8.50. The van der Waals surface area contributed by atoms with Crippen LogP contribution < -0.4 is 14.2 Å². The van der Waals surface area contributed by atoms with Gasteiger partial charge in [-0.1, -0.05) is 0 Å². The number of piperidine rings is 1. The first kappa shape index (κ1) is 25.6. The Kier molecular flexibility index (Phi) is 8.50. The van der Waals surface area contributed by atoms with E-state index in [0.29, 0.717) is 29.7 Å². The number of rotatable bonds is 7. The van der Waals surface area contributed by atoms with Crippen molar-refractivity contribution in [3.8, 4) is 17.2 Å². The maximum atomic E-state index is 13.0. The molecule has 0 aliphatic carbocycles. The van der Waals surface area contributed by atoms with Crippen LogP contribution in [0.2, 0.25) is 0 Å². The summed E-state index contributed by atoms with van der Waals surface area (Å²) in [5, 5.41) is 0. The van der Waals surface area contributed by atoms with Crippen LogP contribution in [0.15, 0.2) is 41.3 Å². The van der Waals surface area contributed by atoms with Crippen LogP contribution in [-0.2, 0) is 23.0 Å². The summed E-state index contributed by atoms with van der Waals surface area (Å²) in [6, 6.07) is 10.8. The summed E-state index contributed by atoms with van der Waals surface area (Å²) in [6.45, 7) is 4.01. The van der Waals surface area contributed by atoms with Gasteiger partial charge >= 0.3 is 0 Å². The summed E-state index contributed by atoms with van der Waals surface area (Å²) >= 11 is 0. The van der Waals surface area contributed by atoms with E-state index in [9.17, 15) is 8.42 Å². The Bertz CT molecular complexity index is 1040. The van der Waals surface area contributed by atoms with Crippen molar-refractivity contribution in [1.82, 2.24) is 9.21 Å². The van der Waals surface area contributed by atoms with Crippen LogP contribution in [0.5, 0.6) is 17.2 Å². The summed E-state index contributed by atoms with van der Waals surface area (Å²) in [5.74, 6) is 2.70. The molecule has 2 aromatic rings. The van der Waals surface area contributed by atoms with Crippen molar-refractivity contribution in [1.29, 1.82) is 0 Å². The Hall–Kier alpha value is -2.00. The second kappa shape index (κ2) is 11.0. The number of halogens is 1. The summed E-state index contributed by atoms with van der Waals surface area (Å²) in [5.41, 5.74) is 2.60. The van der Waals surface area contributed by atoms with E-state index in [2.05, 4.69) is 17.0 Å². The van der Waals surface area contributed by atoms with E-state index in [1.807, 2.05) is 0 Å². The standard InChI is InChI=1S/C24H32N2O5S.ClH/c1-29-21-4-6-22(7-5-21)32(27,28)26-12-8-18(9-13-26)16-25-11-10-19-14-23(30-2)24(31-3)15-20(19)17-25;/h4-7,14-15,18H,8-13,16-17H2,1-3H3;1H. The second-order valence-electron chi connectivity index (χ2n) is 8.48. The van der Waals surface area contributed by atoms with Crippen LogP contribution >= 0.6 is 12.4 Å². The first-order chi connectivity index (χ1) is 15.4. The van der Waals surface area contributed by atoms with Crippen LogP contribution in [0.4, 0.5) is 0 Å². The Morgan fingerprint density at radius 3 is 2.06 bits per heavy atom. The highest BCUT2D eigenvalue weighted by Crippen LogP contribution is 2.34. The predicted molar refractivity (Wildman–Crippen MR) is 130 cm³/mol. The smallest absolute Gasteiger partial charge is 0.243 e. The number of fused-ring (bicyclic) bond motifs is 1. The highest BCUT2D eigenvalue weighted by atomic mass is 35.5. The van der Waals surface area contributed by atoms with Crippen molar-refractivity contribution in [2.75, 3.05) is 47.5 Å². The van der Waals surface area contributed by atoms with E-state index in [1.165, 1.54) is 11.1 Å². The van der Waals surface area contributed by atoms with E-state index in [-0.39, 0.29) is 12.4 Å². The van der Waals surface area contributed by atoms with Gasteiger partial charge < -0.3 is 14.2 Å². The van der Waals surface area contributed by atoms with Crippen molar-refractivity contribution in [3.05, 3.63) is 47.5 Å². The van der Waals surface area contributed by atoms with Gasteiger partial charge in [0.15, 0.2) is 11.5 Å². The first-order valence-corrected chi connectivity index (χ1v) is 12.5. The zero-order valence-corrected chi connectivity index (χ0v) is 21.1. The molecule has 7 nitrogen and oxygen atoms in total. The minimum atomic E-state index is -3.46. The van der Waals surface area contributed by atoms with E-state index >= 15 is 0 Å². The molecule has 0 radical (unpaired) electrons. The lowest BCUT2D eigenvalue weighted by molar-refractivity contribution is 0.171. The van der Waals surface area contributed by atoms with Crippen molar-refractivity contribution in [2.45, 2.75) is 30.7 Å². The molecule has 0 N–H and O–H groups in total. The van der Waals surface area contributed by atoms with Gasteiger partial charge in [-0.25, -0.2) is 8.42 Å². The lowest BCUT2D eigenvalue weighted by Gasteiger charge is -2.36. The minimum absolute atomic E-state index is 0. The molecule has 2 heterocycles. The molecular weight excluding hydrogens is 464 g/mol. The number of sulfonamides is 1. The number of nitrogens with zero attached hydrogens (tertiary/aromatic N) is 2. The molecule has 0 atom stereocenters. The van der Waals surface area contributed by atoms with Gasteiger partial charge in [0, 0.05) is 32.7 Å². The predicted octanol–water partition coefficient (Wildman–Crippen LogP) is 3.59. The normalized spacial score (nSPS) is 17.7. The van der Waals surface area contributed by atoms with Crippen LogP contribution in [0.1, 0.15) is 24.0 Å². The molecule has 0 unspecified atom stereocenters. The van der Waals surface area contributed by atoms with Crippen molar-refractivity contribution in [2.24, 2.45) is 5.92 Å². The molecule has 0 bridgehead atoms. The molecule has 0 saturated carbocycles. The molecule has 0 spiro atoms. The molecule has 9 heteroatoms. The van der Waals surface area contributed by atoms with Crippen LogP contribution in [0, 0.1) is 5.92 Å². The van der Waals surface area contributed by atoms with Gasteiger partial charge in [-0.3, -0.25) is 4.90 Å². The molecule has 2 aromatic carbocycles.